The number of anilines is 1. The summed E-state index contributed by atoms with van der Waals surface area (Å²) in [5, 5.41) is 10.3. The summed E-state index contributed by atoms with van der Waals surface area (Å²) in [6.45, 7) is 0.00883. The first-order valence-corrected chi connectivity index (χ1v) is 6.78. The average Bonchev–Trinajstić information content (AvgIpc) is 2.99. The van der Waals surface area contributed by atoms with Crippen molar-refractivity contribution in [3.8, 4) is 11.3 Å². The van der Waals surface area contributed by atoms with Crippen LogP contribution in [0, 0.1) is 0 Å². The first-order valence-electron chi connectivity index (χ1n) is 5.97. The lowest BCUT2D eigenvalue weighted by molar-refractivity contribution is -0.119. The van der Waals surface area contributed by atoms with Crippen molar-refractivity contribution in [3.63, 3.8) is 0 Å². The van der Waals surface area contributed by atoms with E-state index in [1.165, 1.54) is 18.4 Å². The molecule has 0 aliphatic heterocycles. The Labute approximate surface area is 118 Å². The van der Waals surface area contributed by atoms with Gasteiger partial charge in [0.05, 0.1) is 5.69 Å². The van der Waals surface area contributed by atoms with Crippen molar-refractivity contribution >= 4 is 32.7 Å². The number of methoxy groups -OCH3 is 1. The van der Waals surface area contributed by atoms with Gasteiger partial charge in [-0.25, -0.2) is 0 Å². The molecule has 2 heterocycles. The van der Waals surface area contributed by atoms with Gasteiger partial charge in [0.2, 0.25) is 0 Å². The largest absolute Gasteiger partial charge is 0.375 e. The Morgan fingerprint density at radius 1 is 1.40 bits per heavy atom. The Bertz CT molecular complexity index is 735. The van der Waals surface area contributed by atoms with Crippen LogP contribution in [-0.2, 0) is 9.53 Å². The summed E-state index contributed by atoms with van der Waals surface area (Å²) in [5.41, 5.74) is 2.54. The van der Waals surface area contributed by atoms with E-state index in [9.17, 15) is 4.79 Å². The zero-order chi connectivity index (χ0) is 13.9. The molecule has 7 heteroatoms. The number of H-pyrrole nitrogens is 1. The minimum Gasteiger partial charge on any atom is -0.375 e. The van der Waals surface area contributed by atoms with E-state index in [0.717, 1.165) is 16.0 Å². The van der Waals surface area contributed by atoms with Crippen LogP contribution >= 0.6 is 11.3 Å². The fourth-order valence-electron chi connectivity index (χ4n) is 1.85. The number of nitrogens with one attached hydrogen (secondary N) is 2. The summed E-state index contributed by atoms with van der Waals surface area (Å²) in [6.07, 6.45) is 0. The molecule has 0 saturated heterocycles. The van der Waals surface area contributed by atoms with Gasteiger partial charge in [-0.1, -0.05) is 41.7 Å². The molecular formula is C13H12N4O2S. The van der Waals surface area contributed by atoms with Crippen LogP contribution in [0.5, 0.6) is 0 Å². The van der Waals surface area contributed by atoms with Crippen LogP contribution in [0.1, 0.15) is 0 Å². The molecule has 102 valence electrons. The number of ether oxygens (including phenoxy) is 1. The molecule has 2 N–H and O–H groups in total. The Balaban J connectivity index is 1.93. The number of amides is 1. The molecule has 0 unspecified atom stereocenters. The maximum Gasteiger partial charge on any atom is 0.252 e. The molecule has 3 rings (SSSR count). The fraction of sp³-hybridized carbons (Fsp3) is 0.154. The van der Waals surface area contributed by atoms with Gasteiger partial charge in [0, 0.05) is 12.7 Å². The number of thiazole rings is 1. The molecule has 0 spiro atoms. The lowest BCUT2D eigenvalue weighted by atomic mass is 10.2. The third-order valence-electron chi connectivity index (χ3n) is 2.69. The first kappa shape index (κ1) is 12.8. The van der Waals surface area contributed by atoms with E-state index in [-0.39, 0.29) is 12.5 Å². The van der Waals surface area contributed by atoms with Crippen LogP contribution in [0.2, 0.25) is 0 Å². The monoisotopic (exact) mass is 288 g/mol. The second-order valence-electron chi connectivity index (χ2n) is 4.12. The quantitative estimate of drug-likeness (QED) is 0.771. The van der Waals surface area contributed by atoms with Crippen molar-refractivity contribution in [3.05, 3.63) is 30.3 Å². The number of carbonyl (C=O) groups is 1. The van der Waals surface area contributed by atoms with Gasteiger partial charge in [-0.2, -0.15) is 10.1 Å². The number of hydrogen-bond acceptors (Lipinski definition) is 5. The summed E-state index contributed by atoms with van der Waals surface area (Å²) < 4.78 is 5.69. The molecule has 0 atom stereocenters. The van der Waals surface area contributed by atoms with E-state index in [1.54, 1.807) is 0 Å². The average molecular weight is 288 g/mol. The highest BCUT2D eigenvalue weighted by atomic mass is 32.1. The SMILES string of the molecule is COCC(=O)Nc1nc2n[nH]c(-c3ccccc3)c2s1. The van der Waals surface area contributed by atoms with Gasteiger partial charge in [0.25, 0.3) is 5.91 Å². The van der Waals surface area contributed by atoms with Crippen LogP contribution in [0.3, 0.4) is 0 Å². The summed E-state index contributed by atoms with van der Waals surface area (Å²) in [6, 6.07) is 9.88. The number of fused-ring (bicyclic) bond motifs is 1. The summed E-state index contributed by atoms with van der Waals surface area (Å²) in [4.78, 5) is 15.7. The summed E-state index contributed by atoms with van der Waals surface area (Å²) >= 11 is 1.39. The third-order valence-corrected chi connectivity index (χ3v) is 3.67. The maximum absolute atomic E-state index is 11.5. The Hall–Kier alpha value is -2.25. The van der Waals surface area contributed by atoms with Crippen molar-refractivity contribution in [1.29, 1.82) is 0 Å². The highest BCUT2D eigenvalue weighted by molar-refractivity contribution is 7.22. The highest BCUT2D eigenvalue weighted by Crippen LogP contribution is 2.32. The van der Waals surface area contributed by atoms with Crippen LogP contribution in [-0.4, -0.2) is 34.8 Å². The van der Waals surface area contributed by atoms with Gasteiger partial charge in [0.1, 0.15) is 11.3 Å². The fourth-order valence-corrected chi connectivity index (χ4v) is 2.79. The van der Waals surface area contributed by atoms with E-state index in [0.29, 0.717) is 10.8 Å². The lowest BCUT2D eigenvalue weighted by Gasteiger charge is -1.99. The van der Waals surface area contributed by atoms with Gasteiger partial charge in [-0.3, -0.25) is 15.2 Å². The smallest absolute Gasteiger partial charge is 0.252 e. The number of hydrogen-bond donors (Lipinski definition) is 2. The van der Waals surface area contributed by atoms with E-state index in [1.807, 2.05) is 30.3 Å². The third kappa shape index (κ3) is 2.40. The number of carbonyl (C=O) groups excluding carboxylic acids is 1. The second kappa shape index (κ2) is 5.40. The van der Waals surface area contributed by atoms with Crippen molar-refractivity contribution in [2.75, 3.05) is 19.0 Å². The van der Waals surface area contributed by atoms with Crippen molar-refractivity contribution in [1.82, 2.24) is 15.2 Å². The van der Waals surface area contributed by atoms with Gasteiger partial charge >= 0.3 is 0 Å². The van der Waals surface area contributed by atoms with Crippen LogP contribution < -0.4 is 5.32 Å². The number of benzene rings is 1. The molecule has 2 aromatic heterocycles. The van der Waals surface area contributed by atoms with E-state index in [2.05, 4.69) is 20.5 Å². The summed E-state index contributed by atoms with van der Waals surface area (Å²) in [7, 11) is 1.47. The van der Waals surface area contributed by atoms with E-state index in [4.69, 9.17) is 4.74 Å². The number of aromatic nitrogens is 3. The first-order chi connectivity index (χ1) is 9.78. The molecule has 0 saturated carbocycles. The van der Waals surface area contributed by atoms with E-state index >= 15 is 0 Å². The minimum absolute atomic E-state index is 0.00883. The number of aromatic amines is 1. The van der Waals surface area contributed by atoms with Crippen molar-refractivity contribution in [2.45, 2.75) is 0 Å². The molecule has 1 aromatic carbocycles. The van der Waals surface area contributed by atoms with Crippen LogP contribution in [0.4, 0.5) is 5.13 Å². The van der Waals surface area contributed by atoms with Crippen LogP contribution in [0.15, 0.2) is 30.3 Å². The molecule has 0 bridgehead atoms. The molecule has 1 amide bonds. The number of nitrogens with zero attached hydrogens (tertiary/aromatic N) is 2. The second-order valence-corrected chi connectivity index (χ2v) is 5.12. The number of rotatable bonds is 4. The zero-order valence-corrected chi connectivity index (χ0v) is 11.5. The highest BCUT2D eigenvalue weighted by Gasteiger charge is 2.14. The molecule has 20 heavy (non-hydrogen) atoms. The maximum atomic E-state index is 11.5. The summed E-state index contributed by atoms with van der Waals surface area (Å²) in [5.74, 6) is -0.228. The molecule has 0 aliphatic carbocycles. The molecule has 0 fully saturated rings. The lowest BCUT2D eigenvalue weighted by Crippen LogP contribution is -2.16. The van der Waals surface area contributed by atoms with Crippen LogP contribution in [0.25, 0.3) is 21.6 Å². The van der Waals surface area contributed by atoms with Gasteiger partial charge in [0.15, 0.2) is 10.8 Å². The van der Waals surface area contributed by atoms with E-state index < -0.39 is 0 Å². The van der Waals surface area contributed by atoms with Gasteiger partial charge < -0.3 is 4.74 Å². The molecule has 0 aliphatic rings. The Kier molecular flexibility index (Phi) is 3.44. The molecule has 6 nitrogen and oxygen atoms in total. The molecule has 0 radical (unpaired) electrons. The van der Waals surface area contributed by atoms with Crippen molar-refractivity contribution in [2.24, 2.45) is 0 Å². The van der Waals surface area contributed by atoms with Gasteiger partial charge in [-0.05, 0) is 0 Å². The predicted molar refractivity (Wildman–Crippen MR) is 77.7 cm³/mol. The Morgan fingerprint density at radius 2 is 2.20 bits per heavy atom. The van der Waals surface area contributed by atoms with Gasteiger partial charge in [-0.15, -0.1) is 0 Å². The zero-order valence-electron chi connectivity index (χ0n) is 10.7. The topological polar surface area (TPSA) is 79.9 Å². The standard InChI is InChI=1S/C13H12N4O2S/c1-19-7-9(18)14-13-15-12-11(20-13)10(16-17-12)8-5-3-2-4-6-8/h2-6H,7H2,1H3,(H2,14,15,16,17,18). The molecule has 3 aromatic rings. The normalized spacial score (nSPS) is 10.8. The Morgan fingerprint density at radius 3 is 2.95 bits per heavy atom. The van der Waals surface area contributed by atoms with Crippen molar-refractivity contribution < 1.29 is 9.53 Å². The predicted octanol–water partition coefficient (Wildman–Crippen LogP) is 2.27. The minimum atomic E-state index is -0.228. The molecular weight excluding hydrogens is 276 g/mol.